The summed E-state index contributed by atoms with van der Waals surface area (Å²) in [6, 6.07) is 15.7. The number of nitrogens with zero attached hydrogens (tertiary/aromatic N) is 3. The van der Waals surface area contributed by atoms with E-state index in [4.69, 9.17) is 0 Å². The number of carbonyl (C=O) groups excluding carboxylic acids is 2. The van der Waals surface area contributed by atoms with E-state index in [1.165, 1.54) is 11.6 Å². The molecule has 2 aliphatic heterocycles. The van der Waals surface area contributed by atoms with E-state index in [0.29, 0.717) is 28.2 Å². The number of hydrogen-bond donors (Lipinski definition) is 1. The van der Waals surface area contributed by atoms with Crippen LogP contribution >= 0.6 is 0 Å². The Hall–Kier alpha value is -4.00. The van der Waals surface area contributed by atoms with Crippen molar-refractivity contribution in [2.45, 2.75) is 6.92 Å². The van der Waals surface area contributed by atoms with Gasteiger partial charge < -0.3 is 9.88 Å². The first kappa shape index (κ1) is 18.4. The molecule has 0 aliphatic carbocycles. The molecule has 0 saturated heterocycles. The zero-order valence-electron chi connectivity index (χ0n) is 15.9. The zero-order valence-corrected chi connectivity index (χ0v) is 15.9. The summed E-state index contributed by atoms with van der Waals surface area (Å²) in [4.78, 5) is 37.4. The molecule has 29 heavy (non-hydrogen) atoms. The minimum Gasteiger partial charge on any atom is -0.356 e. The number of para-hydroxylation sites is 1. The maximum Gasteiger partial charge on any atom is 0.282 e. The molecule has 0 radical (unpaired) electrons. The van der Waals surface area contributed by atoms with Crippen molar-refractivity contribution in [2.24, 2.45) is 7.05 Å². The minimum atomic E-state index is -0.412. The Bertz CT molecular complexity index is 1250. The first-order valence-electron chi connectivity index (χ1n) is 9.01. The number of aryl methyl sites for hydroxylation is 1. The summed E-state index contributed by atoms with van der Waals surface area (Å²) in [7, 11) is 1.74. The predicted molar refractivity (Wildman–Crippen MR) is 110 cm³/mol. The van der Waals surface area contributed by atoms with Gasteiger partial charge in [-0.3, -0.25) is 14.4 Å². The maximum absolute atomic E-state index is 13.0. The fraction of sp³-hybridized carbons (Fsp3) is 0.0909. The van der Waals surface area contributed by atoms with Crippen LogP contribution in [0, 0.1) is 0 Å². The number of rotatable bonds is 4. The molecule has 0 atom stereocenters. The predicted octanol–water partition coefficient (Wildman–Crippen LogP) is 3.13. The number of Topliss-reactive ketones (excluding diaryl/α,β-unsaturated/α-hetero) is 1. The maximum atomic E-state index is 13.0. The number of hydrogen-bond acceptors (Lipinski definition) is 4. The summed E-state index contributed by atoms with van der Waals surface area (Å²) in [6.07, 6.45) is 3.27. The normalized spacial score (nSPS) is 10.8. The Morgan fingerprint density at radius 3 is 2.48 bits per heavy atom. The van der Waals surface area contributed by atoms with Crippen molar-refractivity contribution >= 4 is 17.4 Å². The summed E-state index contributed by atoms with van der Waals surface area (Å²) in [5.41, 5.74) is 2.25. The molecule has 2 aromatic rings. The Morgan fingerprint density at radius 2 is 1.76 bits per heavy atom. The molecule has 0 spiro atoms. The van der Waals surface area contributed by atoms with Gasteiger partial charge in [0.25, 0.3) is 11.5 Å². The Balaban J connectivity index is 1.77. The fourth-order valence-electron chi connectivity index (χ4n) is 3.16. The molecule has 0 bridgehead atoms. The van der Waals surface area contributed by atoms with Crippen molar-refractivity contribution in [1.82, 2.24) is 14.3 Å². The van der Waals surface area contributed by atoms with Crippen LogP contribution in [0.2, 0.25) is 0 Å². The molecule has 2 aliphatic rings. The van der Waals surface area contributed by atoms with Crippen LogP contribution in [0.1, 0.15) is 27.6 Å². The second kappa shape index (κ2) is 7.20. The Morgan fingerprint density at radius 1 is 1.00 bits per heavy atom. The number of carbonyl (C=O) groups is 2. The van der Waals surface area contributed by atoms with E-state index in [2.05, 4.69) is 10.4 Å². The summed E-state index contributed by atoms with van der Waals surface area (Å²) in [6.45, 7) is 1.47. The van der Waals surface area contributed by atoms with Gasteiger partial charge in [0, 0.05) is 30.7 Å². The van der Waals surface area contributed by atoms with Crippen molar-refractivity contribution in [2.75, 3.05) is 5.32 Å². The van der Waals surface area contributed by atoms with Crippen LogP contribution in [0.25, 0.3) is 16.9 Å². The van der Waals surface area contributed by atoms with E-state index in [9.17, 15) is 14.4 Å². The zero-order chi connectivity index (χ0) is 20.5. The lowest BCUT2D eigenvalue weighted by atomic mass is 10.1. The van der Waals surface area contributed by atoms with Gasteiger partial charge >= 0.3 is 0 Å². The highest BCUT2D eigenvalue weighted by molar-refractivity contribution is 6.08. The summed E-state index contributed by atoms with van der Waals surface area (Å²) in [5.74, 6) is -0.503. The highest BCUT2D eigenvalue weighted by atomic mass is 16.2. The third kappa shape index (κ3) is 3.45. The number of nitrogens with one attached hydrogen (secondary N) is 1. The van der Waals surface area contributed by atoms with Crippen LogP contribution in [-0.2, 0) is 7.05 Å². The molecular weight excluding hydrogens is 368 g/mol. The molecule has 0 saturated carbocycles. The van der Waals surface area contributed by atoms with Gasteiger partial charge in [0.15, 0.2) is 5.78 Å². The van der Waals surface area contributed by atoms with Gasteiger partial charge in [0.2, 0.25) is 0 Å². The Labute approximate surface area is 166 Å². The topological polar surface area (TPSA) is 86.0 Å². The van der Waals surface area contributed by atoms with Gasteiger partial charge in [-0.1, -0.05) is 30.3 Å². The lowest BCUT2D eigenvalue weighted by Gasteiger charge is -2.10. The van der Waals surface area contributed by atoms with Crippen molar-refractivity contribution in [3.05, 3.63) is 88.5 Å². The number of ketones is 1. The smallest absolute Gasteiger partial charge is 0.282 e. The van der Waals surface area contributed by atoms with Gasteiger partial charge in [-0.25, -0.2) is 0 Å². The third-order valence-electron chi connectivity index (χ3n) is 4.57. The first-order valence-corrected chi connectivity index (χ1v) is 9.01. The van der Waals surface area contributed by atoms with Crippen LogP contribution in [0.5, 0.6) is 0 Å². The number of anilines is 1. The van der Waals surface area contributed by atoms with E-state index < -0.39 is 5.91 Å². The lowest BCUT2D eigenvalue weighted by molar-refractivity contribution is 0.101. The molecular formula is C22H18N4O3. The molecule has 4 rings (SSSR count). The molecule has 7 heteroatoms. The largest absolute Gasteiger partial charge is 0.356 e. The van der Waals surface area contributed by atoms with Crippen LogP contribution in [0.3, 0.4) is 0 Å². The number of fused-ring (bicyclic) bond motifs is 1. The van der Waals surface area contributed by atoms with Crippen LogP contribution in [-0.4, -0.2) is 26.0 Å². The lowest BCUT2D eigenvalue weighted by Crippen LogP contribution is -2.17. The van der Waals surface area contributed by atoms with Crippen molar-refractivity contribution in [3.8, 4) is 16.9 Å². The minimum absolute atomic E-state index is 0.0906. The third-order valence-corrected chi connectivity index (χ3v) is 4.57. The molecule has 7 nitrogen and oxygen atoms in total. The van der Waals surface area contributed by atoms with E-state index in [0.717, 1.165) is 0 Å². The monoisotopic (exact) mass is 386 g/mol. The average molecular weight is 386 g/mol. The van der Waals surface area contributed by atoms with E-state index >= 15 is 0 Å². The highest BCUT2D eigenvalue weighted by Gasteiger charge is 2.24. The van der Waals surface area contributed by atoms with Crippen LogP contribution in [0.4, 0.5) is 5.69 Å². The number of aromatic nitrogens is 3. The molecule has 144 valence electrons. The van der Waals surface area contributed by atoms with Crippen molar-refractivity contribution < 1.29 is 9.59 Å². The average Bonchev–Trinajstić information content (AvgIpc) is 3.04. The molecule has 1 amide bonds. The van der Waals surface area contributed by atoms with Gasteiger partial charge in [-0.15, -0.1) is 0 Å². The van der Waals surface area contributed by atoms with Crippen molar-refractivity contribution in [3.63, 3.8) is 0 Å². The second-order valence-corrected chi connectivity index (χ2v) is 6.74. The van der Waals surface area contributed by atoms with Gasteiger partial charge in [0.05, 0.1) is 16.8 Å². The highest BCUT2D eigenvalue weighted by Crippen LogP contribution is 2.23. The molecule has 0 unspecified atom stereocenters. The number of pyridine rings is 1. The van der Waals surface area contributed by atoms with Gasteiger partial charge in [0.1, 0.15) is 5.69 Å². The van der Waals surface area contributed by atoms with Crippen molar-refractivity contribution in [1.29, 1.82) is 0 Å². The Kier molecular flexibility index (Phi) is 4.56. The molecule has 1 N–H and O–H groups in total. The quantitative estimate of drug-likeness (QED) is 0.546. The summed E-state index contributed by atoms with van der Waals surface area (Å²) in [5, 5.41) is 7.19. The summed E-state index contributed by atoms with van der Waals surface area (Å²) < 4.78 is 2.94. The molecule has 2 aromatic carbocycles. The summed E-state index contributed by atoms with van der Waals surface area (Å²) >= 11 is 0. The first-order chi connectivity index (χ1) is 13.9. The SMILES string of the molecule is CC(=O)c1cccc(NC(=O)c2cn(C)cc3c(=O)n(-c4ccccc4)nc2-3)c1. The molecule has 2 heterocycles. The number of amides is 1. The van der Waals surface area contributed by atoms with Crippen LogP contribution in [0.15, 0.2) is 71.8 Å². The van der Waals surface area contributed by atoms with E-state index in [-0.39, 0.29) is 16.9 Å². The van der Waals surface area contributed by atoms with Gasteiger partial charge in [-0.05, 0) is 31.2 Å². The van der Waals surface area contributed by atoms with E-state index in [1.807, 2.05) is 18.2 Å². The second-order valence-electron chi connectivity index (χ2n) is 6.74. The molecule has 0 aromatic heterocycles. The standard InChI is InChI=1S/C22H18N4O3/c1-14(27)15-7-6-8-16(11-15)23-21(28)18-12-25(2)13-19-20(18)24-26(22(19)29)17-9-4-3-5-10-17/h3-13H,1-2H3,(H,23,28). The van der Waals surface area contributed by atoms with E-state index in [1.54, 1.807) is 60.4 Å². The van der Waals surface area contributed by atoms with Crippen LogP contribution < -0.4 is 10.9 Å². The number of benzene rings is 2. The van der Waals surface area contributed by atoms with Gasteiger partial charge in [-0.2, -0.15) is 9.78 Å². The molecule has 0 fully saturated rings. The fourth-order valence-corrected chi connectivity index (χ4v) is 3.16.